The highest BCUT2D eigenvalue weighted by atomic mass is 16.2. The topological polar surface area (TPSA) is 61.4 Å². The number of likely N-dealkylation sites (tertiary alicyclic amines) is 1. The molecule has 0 unspecified atom stereocenters. The molecule has 102 valence electrons. The molecular formula is C13H23N3O2. The van der Waals surface area contributed by atoms with Crippen LogP contribution in [0.25, 0.3) is 0 Å². The highest BCUT2D eigenvalue weighted by Crippen LogP contribution is 2.14. The van der Waals surface area contributed by atoms with E-state index in [9.17, 15) is 9.59 Å². The molecule has 5 heteroatoms. The number of amides is 2. The fourth-order valence-electron chi connectivity index (χ4n) is 2.40. The van der Waals surface area contributed by atoms with E-state index in [1.165, 1.54) is 0 Å². The highest BCUT2D eigenvalue weighted by molar-refractivity contribution is 5.80. The average molecular weight is 253 g/mol. The van der Waals surface area contributed by atoms with Gasteiger partial charge in [-0.25, -0.2) is 0 Å². The molecule has 2 heterocycles. The first-order valence-electron chi connectivity index (χ1n) is 6.88. The molecule has 0 aliphatic carbocycles. The molecule has 0 radical (unpaired) electrons. The fraction of sp³-hybridized carbons (Fsp3) is 0.846. The Morgan fingerprint density at radius 3 is 2.28 bits per heavy atom. The summed E-state index contributed by atoms with van der Waals surface area (Å²) in [5, 5.41) is 6.19. The lowest BCUT2D eigenvalue weighted by atomic mass is 9.99. The largest absolute Gasteiger partial charge is 0.353 e. The zero-order valence-corrected chi connectivity index (χ0v) is 11.2. The molecule has 5 nitrogen and oxygen atoms in total. The van der Waals surface area contributed by atoms with Gasteiger partial charge in [-0.3, -0.25) is 9.59 Å². The summed E-state index contributed by atoms with van der Waals surface area (Å²) in [5.41, 5.74) is 0. The van der Waals surface area contributed by atoms with Crippen molar-refractivity contribution in [2.24, 2.45) is 11.8 Å². The third-order valence-electron chi connectivity index (χ3n) is 3.80. The molecule has 2 rings (SSSR count). The summed E-state index contributed by atoms with van der Waals surface area (Å²) in [7, 11) is 0. The van der Waals surface area contributed by atoms with E-state index in [-0.39, 0.29) is 29.7 Å². The normalized spacial score (nSPS) is 21.8. The zero-order valence-electron chi connectivity index (χ0n) is 11.2. The number of rotatable bonds is 3. The minimum atomic E-state index is 0.0668. The van der Waals surface area contributed by atoms with Crippen molar-refractivity contribution in [3.05, 3.63) is 0 Å². The number of hydrogen-bond donors (Lipinski definition) is 2. The summed E-state index contributed by atoms with van der Waals surface area (Å²) in [6, 6.07) is 0.245. The van der Waals surface area contributed by atoms with E-state index in [1.807, 2.05) is 18.7 Å². The van der Waals surface area contributed by atoms with E-state index in [0.29, 0.717) is 0 Å². The van der Waals surface area contributed by atoms with Crippen LogP contribution in [-0.4, -0.2) is 48.9 Å². The van der Waals surface area contributed by atoms with Crippen LogP contribution in [0.2, 0.25) is 0 Å². The summed E-state index contributed by atoms with van der Waals surface area (Å²) in [5.74, 6) is 0.614. The Morgan fingerprint density at radius 1 is 1.22 bits per heavy atom. The Balaban J connectivity index is 1.73. The third-order valence-corrected chi connectivity index (χ3v) is 3.80. The molecule has 2 fully saturated rings. The van der Waals surface area contributed by atoms with Crippen LogP contribution >= 0.6 is 0 Å². The van der Waals surface area contributed by atoms with Crippen LogP contribution in [0.1, 0.15) is 26.7 Å². The molecule has 2 saturated heterocycles. The number of piperidine rings is 1. The molecule has 2 amide bonds. The molecule has 0 bridgehead atoms. The molecule has 2 N–H and O–H groups in total. The van der Waals surface area contributed by atoms with Gasteiger partial charge >= 0.3 is 0 Å². The molecule has 0 saturated carbocycles. The lowest BCUT2D eigenvalue weighted by Crippen LogP contribution is -2.54. The van der Waals surface area contributed by atoms with Crippen LogP contribution in [-0.2, 0) is 9.59 Å². The van der Waals surface area contributed by atoms with E-state index < -0.39 is 0 Å². The van der Waals surface area contributed by atoms with Crippen molar-refractivity contribution < 1.29 is 9.59 Å². The standard InChI is InChI=1S/C13H23N3O2/c1-9(2)13(18)16-5-3-11(4-6-16)15-12(17)10-7-14-8-10/h9-11,14H,3-8H2,1-2H3,(H,15,17). The van der Waals surface area contributed by atoms with Crippen LogP contribution in [0.4, 0.5) is 0 Å². The lowest BCUT2D eigenvalue weighted by molar-refractivity contribution is -0.135. The molecule has 0 spiro atoms. The molecule has 0 aromatic heterocycles. The fourth-order valence-corrected chi connectivity index (χ4v) is 2.40. The zero-order chi connectivity index (χ0) is 13.1. The van der Waals surface area contributed by atoms with Crippen LogP contribution in [0.5, 0.6) is 0 Å². The van der Waals surface area contributed by atoms with Crippen LogP contribution in [0, 0.1) is 11.8 Å². The van der Waals surface area contributed by atoms with Crippen molar-refractivity contribution in [3.63, 3.8) is 0 Å². The Labute approximate surface area is 108 Å². The van der Waals surface area contributed by atoms with Gasteiger partial charge in [-0.05, 0) is 12.8 Å². The number of nitrogens with zero attached hydrogens (tertiary/aromatic N) is 1. The highest BCUT2D eigenvalue weighted by Gasteiger charge is 2.29. The first-order chi connectivity index (χ1) is 8.58. The Hall–Kier alpha value is -1.10. The van der Waals surface area contributed by atoms with Crippen molar-refractivity contribution in [1.82, 2.24) is 15.5 Å². The number of carbonyl (C=O) groups is 2. The van der Waals surface area contributed by atoms with Gasteiger partial charge in [0.25, 0.3) is 0 Å². The first kappa shape index (κ1) is 13.3. The van der Waals surface area contributed by atoms with E-state index in [1.54, 1.807) is 0 Å². The molecule has 18 heavy (non-hydrogen) atoms. The predicted molar refractivity (Wildman–Crippen MR) is 68.9 cm³/mol. The molecule has 0 aromatic rings. The molecule has 0 aromatic carbocycles. The van der Waals surface area contributed by atoms with E-state index >= 15 is 0 Å². The summed E-state index contributed by atoms with van der Waals surface area (Å²) < 4.78 is 0. The van der Waals surface area contributed by atoms with Gasteiger partial charge in [-0.2, -0.15) is 0 Å². The SMILES string of the molecule is CC(C)C(=O)N1CCC(NC(=O)C2CNC2)CC1. The predicted octanol–water partition coefficient (Wildman–Crippen LogP) is -0.0310. The third kappa shape index (κ3) is 3.02. The summed E-state index contributed by atoms with van der Waals surface area (Å²) in [6.07, 6.45) is 1.76. The maximum atomic E-state index is 11.8. The Morgan fingerprint density at radius 2 is 1.83 bits per heavy atom. The maximum Gasteiger partial charge on any atom is 0.225 e. The average Bonchev–Trinajstić information content (AvgIpc) is 2.26. The lowest BCUT2D eigenvalue weighted by Gasteiger charge is -2.35. The quantitative estimate of drug-likeness (QED) is 0.742. The minimum absolute atomic E-state index is 0.0668. The first-order valence-corrected chi connectivity index (χ1v) is 6.88. The molecular weight excluding hydrogens is 230 g/mol. The summed E-state index contributed by atoms with van der Waals surface area (Å²) in [6.45, 7) is 7.00. The van der Waals surface area contributed by atoms with E-state index in [0.717, 1.165) is 39.0 Å². The smallest absolute Gasteiger partial charge is 0.225 e. The van der Waals surface area contributed by atoms with Gasteiger partial charge in [0.2, 0.25) is 11.8 Å². The number of nitrogens with one attached hydrogen (secondary N) is 2. The number of hydrogen-bond acceptors (Lipinski definition) is 3. The van der Waals surface area contributed by atoms with E-state index in [2.05, 4.69) is 10.6 Å². The molecule has 2 aliphatic rings. The second kappa shape index (κ2) is 5.69. The van der Waals surface area contributed by atoms with Crippen molar-refractivity contribution in [2.75, 3.05) is 26.2 Å². The van der Waals surface area contributed by atoms with Gasteiger partial charge in [-0.1, -0.05) is 13.8 Å². The molecule has 0 atom stereocenters. The maximum absolute atomic E-state index is 11.8. The Kier molecular flexibility index (Phi) is 4.22. The molecule has 2 aliphatic heterocycles. The minimum Gasteiger partial charge on any atom is -0.353 e. The van der Waals surface area contributed by atoms with Crippen LogP contribution in [0.15, 0.2) is 0 Å². The van der Waals surface area contributed by atoms with Gasteiger partial charge in [0.1, 0.15) is 0 Å². The van der Waals surface area contributed by atoms with Gasteiger partial charge in [-0.15, -0.1) is 0 Å². The van der Waals surface area contributed by atoms with Crippen molar-refractivity contribution in [2.45, 2.75) is 32.7 Å². The van der Waals surface area contributed by atoms with Gasteiger partial charge in [0, 0.05) is 38.1 Å². The summed E-state index contributed by atoms with van der Waals surface area (Å²) >= 11 is 0. The van der Waals surface area contributed by atoms with Crippen molar-refractivity contribution in [1.29, 1.82) is 0 Å². The van der Waals surface area contributed by atoms with E-state index in [4.69, 9.17) is 0 Å². The summed E-state index contributed by atoms with van der Waals surface area (Å²) in [4.78, 5) is 25.5. The van der Waals surface area contributed by atoms with Gasteiger partial charge in [0.05, 0.1) is 5.92 Å². The second-order valence-corrected chi connectivity index (χ2v) is 5.62. The number of carbonyl (C=O) groups excluding carboxylic acids is 2. The van der Waals surface area contributed by atoms with Crippen molar-refractivity contribution >= 4 is 11.8 Å². The van der Waals surface area contributed by atoms with Gasteiger partial charge < -0.3 is 15.5 Å². The van der Waals surface area contributed by atoms with Gasteiger partial charge in [0.15, 0.2) is 0 Å². The van der Waals surface area contributed by atoms with Crippen LogP contribution in [0.3, 0.4) is 0 Å². The Bertz CT molecular complexity index is 318. The second-order valence-electron chi connectivity index (χ2n) is 5.62. The van der Waals surface area contributed by atoms with Crippen LogP contribution < -0.4 is 10.6 Å². The monoisotopic (exact) mass is 253 g/mol. The van der Waals surface area contributed by atoms with Crippen molar-refractivity contribution in [3.8, 4) is 0 Å².